The molecule has 1 amide bonds. The summed E-state index contributed by atoms with van der Waals surface area (Å²) in [4.78, 5) is 35.4. The molecule has 8 heteroatoms. The lowest BCUT2D eigenvalue weighted by molar-refractivity contribution is 0.0498. The van der Waals surface area contributed by atoms with Gasteiger partial charge >= 0.3 is 0 Å². The van der Waals surface area contributed by atoms with Gasteiger partial charge in [-0.25, -0.2) is 9.37 Å². The highest BCUT2D eigenvalue weighted by atomic mass is 19.1. The summed E-state index contributed by atoms with van der Waals surface area (Å²) in [5.74, 6) is 0.245. The number of aromatic nitrogens is 2. The number of carbonyl (C=O) groups excluding carboxylic acids is 1. The molecule has 36 heavy (non-hydrogen) atoms. The Morgan fingerprint density at radius 2 is 1.86 bits per heavy atom. The number of rotatable bonds is 8. The highest BCUT2D eigenvalue weighted by Gasteiger charge is 2.26. The van der Waals surface area contributed by atoms with Crippen molar-refractivity contribution in [2.45, 2.75) is 32.1 Å². The third-order valence-electron chi connectivity index (χ3n) is 6.16. The van der Waals surface area contributed by atoms with Crippen LogP contribution in [0.2, 0.25) is 0 Å². The van der Waals surface area contributed by atoms with Gasteiger partial charge in [-0.2, -0.15) is 0 Å². The van der Waals surface area contributed by atoms with E-state index in [1.165, 1.54) is 12.1 Å². The van der Waals surface area contributed by atoms with Crippen molar-refractivity contribution < 1.29 is 18.7 Å². The second-order valence-corrected chi connectivity index (χ2v) is 8.76. The smallest absolute Gasteiger partial charge is 0.258 e. The molecule has 1 saturated heterocycles. The van der Waals surface area contributed by atoms with E-state index < -0.39 is 0 Å². The molecule has 2 heterocycles. The summed E-state index contributed by atoms with van der Waals surface area (Å²) in [6, 6.07) is 20.1. The summed E-state index contributed by atoms with van der Waals surface area (Å²) >= 11 is 0. The maximum Gasteiger partial charge on any atom is 0.258 e. The van der Waals surface area contributed by atoms with Crippen molar-refractivity contribution in [3.8, 4) is 5.75 Å². The Morgan fingerprint density at radius 3 is 2.67 bits per heavy atom. The Labute approximate surface area is 207 Å². The molecular weight excluding hydrogens is 461 g/mol. The van der Waals surface area contributed by atoms with E-state index in [0.717, 1.165) is 18.4 Å². The van der Waals surface area contributed by atoms with E-state index in [1.807, 2.05) is 6.07 Å². The fraction of sp³-hybridized carbons (Fsp3) is 0.250. The van der Waals surface area contributed by atoms with Crippen LogP contribution in [0.25, 0.3) is 10.9 Å². The molecule has 1 fully saturated rings. The zero-order chi connectivity index (χ0) is 24.9. The van der Waals surface area contributed by atoms with Gasteiger partial charge in [0.2, 0.25) is 0 Å². The number of fused-ring (bicyclic) bond motifs is 1. The summed E-state index contributed by atoms with van der Waals surface area (Å²) in [5, 5.41) is 0.498. The lowest BCUT2D eigenvalue weighted by Crippen LogP contribution is -2.38. The van der Waals surface area contributed by atoms with Gasteiger partial charge in [-0.15, -0.1) is 0 Å². The van der Waals surface area contributed by atoms with Crippen LogP contribution in [-0.4, -0.2) is 40.0 Å². The second-order valence-electron chi connectivity index (χ2n) is 8.76. The van der Waals surface area contributed by atoms with Gasteiger partial charge in [0.05, 0.1) is 29.1 Å². The van der Waals surface area contributed by atoms with Crippen LogP contribution in [0.4, 0.5) is 4.39 Å². The zero-order valence-corrected chi connectivity index (χ0v) is 19.7. The fourth-order valence-electron chi connectivity index (χ4n) is 4.33. The van der Waals surface area contributed by atoms with Gasteiger partial charge in [-0.05, 0) is 54.8 Å². The first kappa shape index (κ1) is 23.7. The van der Waals surface area contributed by atoms with Crippen molar-refractivity contribution in [3.63, 3.8) is 0 Å². The number of amides is 1. The van der Waals surface area contributed by atoms with E-state index in [-0.39, 0.29) is 36.5 Å². The van der Waals surface area contributed by atoms with Crippen LogP contribution in [0.15, 0.2) is 77.6 Å². The molecule has 0 bridgehead atoms. The third kappa shape index (κ3) is 5.44. The van der Waals surface area contributed by atoms with Gasteiger partial charge in [0.15, 0.2) is 0 Å². The SMILES string of the molecule is O=C(c1ccccc1OCc1ccc(F)cc1)N(Cc1nc2ccccc2c(=O)[nH]1)C[C@@H]1CCCO1. The molecule has 5 rings (SSSR count). The van der Waals surface area contributed by atoms with Crippen LogP contribution in [0.3, 0.4) is 0 Å². The molecule has 0 spiro atoms. The molecule has 184 valence electrons. The van der Waals surface area contributed by atoms with E-state index in [2.05, 4.69) is 9.97 Å². The van der Waals surface area contributed by atoms with Gasteiger partial charge in [-0.1, -0.05) is 36.4 Å². The van der Waals surface area contributed by atoms with Crippen LogP contribution in [0.5, 0.6) is 5.75 Å². The van der Waals surface area contributed by atoms with Crippen LogP contribution >= 0.6 is 0 Å². The van der Waals surface area contributed by atoms with Gasteiger partial charge in [0.1, 0.15) is 24.0 Å². The van der Waals surface area contributed by atoms with Crippen molar-refractivity contribution in [2.24, 2.45) is 0 Å². The van der Waals surface area contributed by atoms with E-state index in [9.17, 15) is 14.0 Å². The van der Waals surface area contributed by atoms with Crippen molar-refractivity contribution in [2.75, 3.05) is 13.2 Å². The van der Waals surface area contributed by atoms with Crippen LogP contribution in [-0.2, 0) is 17.9 Å². The minimum Gasteiger partial charge on any atom is -0.488 e. The average molecular weight is 488 g/mol. The summed E-state index contributed by atoms with van der Waals surface area (Å²) in [5.41, 5.74) is 1.50. The molecule has 1 aliphatic rings. The standard InChI is InChI=1S/C28H26FN3O4/c29-20-13-11-19(12-14-20)18-36-25-10-4-2-8-23(25)28(34)32(16-21-6-5-15-35-21)17-26-30-24-9-3-1-7-22(24)27(33)31-26/h1-4,7-14,21H,5-6,15-18H2,(H,30,31,33)/t21-/m0/s1. The Hall–Kier alpha value is -4.04. The second kappa shape index (κ2) is 10.7. The number of carbonyl (C=O) groups is 1. The number of para-hydroxylation sites is 2. The number of aromatic amines is 1. The number of ether oxygens (including phenoxy) is 2. The van der Waals surface area contributed by atoms with Crippen molar-refractivity contribution in [3.05, 3.63) is 106 Å². The summed E-state index contributed by atoms with van der Waals surface area (Å²) in [7, 11) is 0. The highest BCUT2D eigenvalue weighted by molar-refractivity contribution is 5.97. The van der Waals surface area contributed by atoms with Gasteiger partial charge < -0.3 is 19.4 Å². The molecule has 1 aromatic heterocycles. The third-order valence-corrected chi connectivity index (χ3v) is 6.16. The molecule has 0 radical (unpaired) electrons. The van der Waals surface area contributed by atoms with Crippen molar-refractivity contribution in [1.82, 2.24) is 14.9 Å². The van der Waals surface area contributed by atoms with E-state index in [0.29, 0.717) is 41.2 Å². The highest BCUT2D eigenvalue weighted by Crippen LogP contribution is 2.24. The molecule has 0 saturated carbocycles. The predicted octanol–water partition coefficient (Wildman–Crippen LogP) is 4.46. The summed E-state index contributed by atoms with van der Waals surface area (Å²) in [6.45, 7) is 1.33. The summed E-state index contributed by atoms with van der Waals surface area (Å²) < 4.78 is 25.0. The van der Waals surface area contributed by atoms with Gasteiger partial charge in [-0.3, -0.25) is 9.59 Å². The quantitative estimate of drug-likeness (QED) is 0.397. The van der Waals surface area contributed by atoms with Crippen LogP contribution in [0.1, 0.15) is 34.6 Å². The van der Waals surface area contributed by atoms with Crippen molar-refractivity contribution >= 4 is 16.8 Å². The largest absolute Gasteiger partial charge is 0.488 e. The lowest BCUT2D eigenvalue weighted by atomic mass is 10.1. The Balaban J connectivity index is 1.41. The lowest BCUT2D eigenvalue weighted by Gasteiger charge is -2.26. The maximum absolute atomic E-state index is 13.8. The van der Waals surface area contributed by atoms with Crippen molar-refractivity contribution in [1.29, 1.82) is 0 Å². The molecule has 3 aromatic carbocycles. The molecule has 0 aliphatic carbocycles. The number of H-pyrrole nitrogens is 1. The maximum atomic E-state index is 13.8. The minimum absolute atomic E-state index is 0.0894. The topological polar surface area (TPSA) is 84.5 Å². The van der Waals surface area contributed by atoms with E-state index >= 15 is 0 Å². The number of nitrogens with zero attached hydrogens (tertiary/aromatic N) is 2. The first-order valence-electron chi connectivity index (χ1n) is 11.9. The molecular formula is C28H26FN3O4. The first-order chi connectivity index (χ1) is 17.6. The van der Waals surface area contributed by atoms with Crippen LogP contribution < -0.4 is 10.3 Å². The molecule has 1 atom stereocenters. The molecule has 1 aliphatic heterocycles. The molecule has 1 N–H and O–H groups in total. The predicted molar refractivity (Wildman–Crippen MR) is 133 cm³/mol. The summed E-state index contributed by atoms with van der Waals surface area (Å²) in [6.07, 6.45) is 1.71. The Morgan fingerprint density at radius 1 is 1.08 bits per heavy atom. The van der Waals surface area contributed by atoms with Gasteiger partial charge in [0.25, 0.3) is 11.5 Å². The minimum atomic E-state index is -0.320. The molecule has 0 unspecified atom stereocenters. The molecule has 7 nitrogen and oxygen atoms in total. The first-order valence-corrected chi connectivity index (χ1v) is 11.9. The molecule has 4 aromatic rings. The number of halogens is 1. The normalized spacial score (nSPS) is 15.2. The average Bonchev–Trinajstić information content (AvgIpc) is 3.41. The van der Waals surface area contributed by atoms with Crippen LogP contribution in [0, 0.1) is 5.82 Å². The Bertz CT molecular complexity index is 1410. The number of hydrogen-bond acceptors (Lipinski definition) is 5. The number of nitrogens with one attached hydrogen (secondary N) is 1. The Kier molecular flexibility index (Phi) is 7.04. The number of hydrogen-bond donors (Lipinski definition) is 1. The number of benzene rings is 3. The van der Waals surface area contributed by atoms with E-state index in [4.69, 9.17) is 9.47 Å². The monoisotopic (exact) mass is 487 g/mol. The van der Waals surface area contributed by atoms with Gasteiger partial charge in [0, 0.05) is 13.2 Å². The zero-order valence-electron chi connectivity index (χ0n) is 19.7. The fourth-order valence-corrected chi connectivity index (χ4v) is 4.33. The van der Waals surface area contributed by atoms with E-state index in [1.54, 1.807) is 59.5 Å².